The van der Waals surface area contributed by atoms with Gasteiger partial charge in [-0.2, -0.15) is 0 Å². The zero-order valence-corrected chi connectivity index (χ0v) is 7.49. The van der Waals surface area contributed by atoms with E-state index in [2.05, 4.69) is 0 Å². The maximum absolute atomic E-state index is 12.9. The first kappa shape index (κ1) is 10.5. The van der Waals surface area contributed by atoms with Gasteiger partial charge in [0.2, 0.25) is 0 Å². The first-order valence-corrected chi connectivity index (χ1v) is 3.91. The van der Waals surface area contributed by atoms with Crippen LogP contribution in [0.3, 0.4) is 0 Å². The molecule has 76 valence electrons. The maximum Gasteiger partial charge on any atom is 0.325 e. The van der Waals surface area contributed by atoms with Crippen LogP contribution in [-0.4, -0.2) is 16.2 Å². The Bertz CT molecular complexity index is 379. The molecule has 5 heteroatoms. The number of carboxylic acids is 1. The molecule has 0 aliphatic carbocycles. The molecule has 0 fully saturated rings. The van der Waals surface area contributed by atoms with E-state index in [0.717, 1.165) is 12.1 Å². The molecule has 0 amide bonds. The van der Waals surface area contributed by atoms with E-state index in [-0.39, 0.29) is 11.1 Å². The van der Waals surface area contributed by atoms with Crippen LogP contribution in [0, 0.1) is 12.7 Å². The number of hydrogen-bond acceptors (Lipinski definition) is 3. The normalized spacial score (nSPS) is 12.5. The van der Waals surface area contributed by atoms with Crippen molar-refractivity contribution >= 4 is 5.97 Å². The number of phenols is 1. The van der Waals surface area contributed by atoms with E-state index in [0.29, 0.717) is 0 Å². The third kappa shape index (κ3) is 1.67. The Morgan fingerprint density at radius 3 is 2.64 bits per heavy atom. The molecule has 1 rings (SSSR count). The number of carbonyl (C=O) groups is 1. The number of aliphatic carboxylic acids is 1. The predicted molar refractivity (Wildman–Crippen MR) is 47.4 cm³/mol. The van der Waals surface area contributed by atoms with Crippen molar-refractivity contribution in [3.63, 3.8) is 0 Å². The first-order valence-electron chi connectivity index (χ1n) is 3.91. The zero-order chi connectivity index (χ0) is 10.9. The minimum absolute atomic E-state index is 0.000741. The molecule has 0 radical (unpaired) electrons. The summed E-state index contributed by atoms with van der Waals surface area (Å²) in [6.45, 7) is 1.35. The highest BCUT2D eigenvalue weighted by Crippen LogP contribution is 2.28. The zero-order valence-electron chi connectivity index (χ0n) is 7.49. The minimum Gasteiger partial charge on any atom is -0.507 e. The summed E-state index contributed by atoms with van der Waals surface area (Å²) in [5.41, 5.74) is 5.29. The van der Waals surface area contributed by atoms with Crippen LogP contribution in [-0.2, 0) is 4.79 Å². The third-order valence-electron chi connectivity index (χ3n) is 2.00. The number of halogens is 1. The topological polar surface area (TPSA) is 83.6 Å². The molecule has 0 heterocycles. The van der Waals surface area contributed by atoms with Crippen LogP contribution in [0.4, 0.5) is 4.39 Å². The summed E-state index contributed by atoms with van der Waals surface area (Å²) in [6.07, 6.45) is 0. The molecule has 0 spiro atoms. The fourth-order valence-electron chi connectivity index (χ4n) is 1.08. The lowest BCUT2D eigenvalue weighted by molar-refractivity contribution is -0.138. The van der Waals surface area contributed by atoms with Crippen molar-refractivity contribution in [2.24, 2.45) is 5.73 Å². The highest BCUT2D eigenvalue weighted by Gasteiger charge is 2.20. The molecule has 4 nitrogen and oxygen atoms in total. The molecule has 4 N–H and O–H groups in total. The second-order valence-electron chi connectivity index (χ2n) is 2.93. The second kappa shape index (κ2) is 3.63. The molecule has 0 aliphatic rings. The van der Waals surface area contributed by atoms with Gasteiger partial charge in [-0.15, -0.1) is 0 Å². The minimum atomic E-state index is -1.34. The number of hydrogen-bond donors (Lipinski definition) is 3. The molecule has 0 saturated carbocycles. The molecule has 1 atom stereocenters. The number of aromatic hydroxyl groups is 1. The highest BCUT2D eigenvalue weighted by atomic mass is 19.1. The van der Waals surface area contributed by atoms with E-state index >= 15 is 0 Å². The van der Waals surface area contributed by atoms with Crippen LogP contribution in [0.2, 0.25) is 0 Å². The van der Waals surface area contributed by atoms with Crippen LogP contribution in [0.15, 0.2) is 12.1 Å². The van der Waals surface area contributed by atoms with Crippen molar-refractivity contribution in [1.29, 1.82) is 0 Å². The monoisotopic (exact) mass is 199 g/mol. The molecular formula is C9H10FNO3. The van der Waals surface area contributed by atoms with Crippen LogP contribution in [0.25, 0.3) is 0 Å². The standard InChI is InChI=1S/C9H10FNO3/c1-4-6(10)3-2-5(8(4)12)7(11)9(13)14/h2-3,7,12H,11H2,1H3,(H,13,14). The third-order valence-corrected chi connectivity index (χ3v) is 2.00. The lowest BCUT2D eigenvalue weighted by Gasteiger charge is -2.11. The van der Waals surface area contributed by atoms with E-state index in [4.69, 9.17) is 10.8 Å². The van der Waals surface area contributed by atoms with Crippen molar-refractivity contribution in [2.75, 3.05) is 0 Å². The molecule has 1 aromatic rings. The van der Waals surface area contributed by atoms with Gasteiger partial charge in [-0.3, -0.25) is 4.79 Å². The lowest BCUT2D eigenvalue weighted by atomic mass is 10.0. The summed E-state index contributed by atoms with van der Waals surface area (Å²) < 4.78 is 12.9. The smallest absolute Gasteiger partial charge is 0.325 e. The van der Waals surface area contributed by atoms with Crippen molar-refractivity contribution in [1.82, 2.24) is 0 Å². The quantitative estimate of drug-likeness (QED) is 0.661. The van der Waals surface area contributed by atoms with Gasteiger partial charge in [-0.05, 0) is 13.0 Å². The van der Waals surface area contributed by atoms with Gasteiger partial charge in [0, 0.05) is 11.1 Å². The molecule has 0 saturated heterocycles. The van der Waals surface area contributed by atoms with Gasteiger partial charge in [0.25, 0.3) is 0 Å². The predicted octanol–water partition coefficient (Wildman–Crippen LogP) is 0.924. The SMILES string of the molecule is Cc1c(F)ccc(C(N)C(=O)O)c1O. The Kier molecular flexibility index (Phi) is 2.71. The van der Waals surface area contributed by atoms with E-state index in [1.54, 1.807) is 0 Å². The Labute approximate surface area is 79.8 Å². The van der Waals surface area contributed by atoms with E-state index in [9.17, 15) is 14.3 Å². The second-order valence-corrected chi connectivity index (χ2v) is 2.93. The van der Waals surface area contributed by atoms with Crippen LogP contribution < -0.4 is 5.73 Å². The van der Waals surface area contributed by atoms with Gasteiger partial charge in [-0.25, -0.2) is 4.39 Å². The van der Waals surface area contributed by atoms with Crippen molar-refractivity contribution < 1.29 is 19.4 Å². The summed E-state index contributed by atoms with van der Waals surface area (Å²) in [5.74, 6) is -2.27. The van der Waals surface area contributed by atoms with Crippen LogP contribution in [0.5, 0.6) is 5.75 Å². The van der Waals surface area contributed by atoms with Gasteiger partial charge in [0.15, 0.2) is 0 Å². The van der Waals surface area contributed by atoms with Crippen LogP contribution >= 0.6 is 0 Å². The number of nitrogens with two attached hydrogens (primary N) is 1. The average molecular weight is 199 g/mol. The largest absolute Gasteiger partial charge is 0.507 e. The summed E-state index contributed by atoms with van der Waals surface area (Å²) in [4.78, 5) is 10.5. The Morgan fingerprint density at radius 2 is 2.14 bits per heavy atom. The molecular weight excluding hydrogens is 189 g/mol. The van der Waals surface area contributed by atoms with E-state index in [1.165, 1.54) is 6.92 Å². The molecule has 0 bridgehead atoms. The fourth-order valence-corrected chi connectivity index (χ4v) is 1.08. The number of benzene rings is 1. The molecule has 0 aliphatic heterocycles. The van der Waals surface area contributed by atoms with Crippen molar-refractivity contribution in [3.8, 4) is 5.75 Å². The number of rotatable bonds is 2. The first-order chi connectivity index (χ1) is 6.45. The van der Waals surface area contributed by atoms with Crippen molar-refractivity contribution in [2.45, 2.75) is 13.0 Å². The molecule has 0 aromatic heterocycles. The average Bonchev–Trinajstić information content (AvgIpc) is 2.13. The van der Waals surface area contributed by atoms with Crippen molar-refractivity contribution in [3.05, 3.63) is 29.1 Å². The highest BCUT2D eigenvalue weighted by molar-refractivity contribution is 5.76. The molecule has 14 heavy (non-hydrogen) atoms. The Balaban J connectivity index is 3.24. The van der Waals surface area contributed by atoms with Gasteiger partial charge >= 0.3 is 5.97 Å². The van der Waals surface area contributed by atoms with Gasteiger partial charge in [-0.1, -0.05) is 6.07 Å². The molecule has 1 aromatic carbocycles. The summed E-state index contributed by atoms with van der Waals surface area (Å²) >= 11 is 0. The van der Waals surface area contributed by atoms with Gasteiger partial charge in [0.1, 0.15) is 17.6 Å². The maximum atomic E-state index is 12.9. The fraction of sp³-hybridized carbons (Fsp3) is 0.222. The van der Waals surface area contributed by atoms with Gasteiger partial charge in [0.05, 0.1) is 0 Å². The van der Waals surface area contributed by atoms with E-state index in [1.807, 2.05) is 0 Å². The van der Waals surface area contributed by atoms with Crippen LogP contribution in [0.1, 0.15) is 17.2 Å². The lowest BCUT2D eigenvalue weighted by Crippen LogP contribution is -2.21. The summed E-state index contributed by atoms with van der Waals surface area (Å²) in [7, 11) is 0. The summed E-state index contributed by atoms with van der Waals surface area (Å²) in [5, 5.41) is 18.0. The van der Waals surface area contributed by atoms with Gasteiger partial charge < -0.3 is 15.9 Å². The Morgan fingerprint density at radius 1 is 1.57 bits per heavy atom. The molecule has 1 unspecified atom stereocenters. The number of phenolic OH excluding ortho intramolecular Hbond substituents is 1. The summed E-state index contributed by atoms with van der Waals surface area (Å²) in [6, 6.07) is 0.901. The Hall–Kier alpha value is -1.62. The number of carboxylic acid groups (broad SMARTS) is 1. The van der Waals surface area contributed by atoms with E-state index < -0.39 is 23.6 Å².